The first kappa shape index (κ1) is 17.2. The Morgan fingerprint density at radius 1 is 1.07 bits per heavy atom. The van der Waals surface area contributed by atoms with Crippen molar-refractivity contribution < 1.29 is 13.9 Å². The summed E-state index contributed by atoms with van der Waals surface area (Å²) in [6.07, 6.45) is 8.28. The van der Waals surface area contributed by atoms with E-state index in [2.05, 4.69) is 10.2 Å². The lowest BCUT2D eigenvalue weighted by Gasteiger charge is -2.56. The molecule has 2 aromatic rings. The zero-order valence-electron chi connectivity index (χ0n) is 15.2. The maximum absolute atomic E-state index is 12.5. The van der Waals surface area contributed by atoms with E-state index in [9.17, 15) is 4.79 Å². The van der Waals surface area contributed by atoms with Crippen LogP contribution in [0.5, 0.6) is 0 Å². The maximum Gasteiger partial charge on any atom is 0.306 e. The van der Waals surface area contributed by atoms with Crippen LogP contribution in [0.25, 0.3) is 11.5 Å². The lowest BCUT2D eigenvalue weighted by atomic mass is 9.49. The third-order valence-electron chi connectivity index (χ3n) is 6.60. The monoisotopic (exact) mass is 386 g/mol. The first-order valence-corrected chi connectivity index (χ1v) is 10.2. The molecule has 4 aliphatic rings. The van der Waals surface area contributed by atoms with E-state index >= 15 is 0 Å². The topological polar surface area (TPSA) is 65.2 Å². The van der Waals surface area contributed by atoms with Crippen LogP contribution in [0.1, 0.15) is 50.8 Å². The predicted octanol–water partition coefficient (Wildman–Crippen LogP) is 5.04. The minimum absolute atomic E-state index is 0.0335. The molecular weight excluding hydrogens is 364 g/mol. The Morgan fingerprint density at radius 2 is 1.70 bits per heavy atom. The molecule has 4 bridgehead atoms. The zero-order chi connectivity index (χ0) is 18.4. The van der Waals surface area contributed by atoms with Crippen LogP contribution >= 0.6 is 11.6 Å². The van der Waals surface area contributed by atoms with Gasteiger partial charge in [-0.25, -0.2) is 0 Å². The molecule has 0 unspecified atom stereocenters. The quantitative estimate of drug-likeness (QED) is 0.673. The number of aromatic nitrogens is 2. The Labute approximate surface area is 163 Å². The first-order chi connectivity index (χ1) is 13.1. The summed E-state index contributed by atoms with van der Waals surface area (Å²) in [6, 6.07) is 7.18. The van der Waals surface area contributed by atoms with E-state index in [1.807, 2.05) is 12.1 Å². The lowest BCUT2D eigenvalue weighted by molar-refractivity contribution is -0.154. The molecule has 0 radical (unpaired) electrons. The van der Waals surface area contributed by atoms with Crippen molar-refractivity contribution in [3.05, 3.63) is 35.2 Å². The predicted molar refractivity (Wildman–Crippen MR) is 99.8 cm³/mol. The highest BCUT2D eigenvalue weighted by Crippen LogP contribution is 2.61. The minimum atomic E-state index is -0.136. The van der Waals surface area contributed by atoms with Crippen LogP contribution in [0.3, 0.4) is 0 Å². The van der Waals surface area contributed by atoms with Gasteiger partial charge in [0.05, 0.1) is 6.42 Å². The van der Waals surface area contributed by atoms with Gasteiger partial charge >= 0.3 is 5.97 Å². The van der Waals surface area contributed by atoms with E-state index < -0.39 is 0 Å². The largest absolute Gasteiger partial charge is 0.456 e. The van der Waals surface area contributed by atoms with Crippen molar-refractivity contribution in [2.45, 2.75) is 51.6 Å². The van der Waals surface area contributed by atoms with Crippen molar-refractivity contribution in [2.24, 2.45) is 23.2 Å². The van der Waals surface area contributed by atoms with Crippen LogP contribution < -0.4 is 0 Å². The molecule has 0 aliphatic heterocycles. The van der Waals surface area contributed by atoms with Crippen LogP contribution in [0.15, 0.2) is 28.7 Å². The average Bonchev–Trinajstić information content (AvgIpc) is 3.08. The number of carbonyl (C=O) groups excluding carboxylic acids is 1. The van der Waals surface area contributed by atoms with Crippen molar-refractivity contribution in [2.75, 3.05) is 0 Å². The van der Waals surface area contributed by atoms with Gasteiger partial charge in [-0.1, -0.05) is 11.6 Å². The Kier molecular flexibility index (Phi) is 4.23. The summed E-state index contributed by atoms with van der Waals surface area (Å²) in [5.74, 6) is 3.09. The van der Waals surface area contributed by atoms with Crippen LogP contribution in [0, 0.1) is 23.2 Å². The van der Waals surface area contributed by atoms with Gasteiger partial charge in [0.2, 0.25) is 5.89 Å². The molecule has 0 atom stereocenters. The van der Waals surface area contributed by atoms with E-state index in [1.165, 1.54) is 38.5 Å². The van der Waals surface area contributed by atoms with Gasteiger partial charge < -0.3 is 9.15 Å². The fourth-order valence-electron chi connectivity index (χ4n) is 6.03. The molecule has 0 spiro atoms. The Bertz CT molecular complexity index is 810. The molecule has 27 heavy (non-hydrogen) atoms. The summed E-state index contributed by atoms with van der Waals surface area (Å²) in [6.45, 7) is 0.0335. The second-order valence-electron chi connectivity index (χ2n) is 8.76. The summed E-state index contributed by atoms with van der Waals surface area (Å²) in [5.41, 5.74) is 0.979. The number of carbonyl (C=O) groups is 1. The molecule has 0 amide bonds. The molecule has 1 aromatic carbocycles. The average molecular weight is 387 g/mol. The highest BCUT2D eigenvalue weighted by molar-refractivity contribution is 6.30. The minimum Gasteiger partial charge on any atom is -0.456 e. The van der Waals surface area contributed by atoms with Gasteiger partial charge in [0.1, 0.15) is 0 Å². The Balaban J connectivity index is 1.19. The SMILES string of the molecule is O=C(CC12CC3CC(CC(C3)C1)C2)OCc1nnc(-c2ccc(Cl)cc2)o1. The smallest absolute Gasteiger partial charge is 0.306 e. The number of nitrogens with zero attached hydrogens (tertiary/aromatic N) is 2. The standard InChI is InChI=1S/C21H23ClN2O3/c22-17-3-1-16(2-4-17)20-24-23-18(27-20)12-26-19(25)11-21-8-13-5-14(9-21)7-15(6-13)10-21/h1-4,13-15H,5-12H2. The number of halogens is 1. The summed E-state index contributed by atoms with van der Waals surface area (Å²) >= 11 is 5.89. The van der Waals surface area contributed by atoms with Gasteiger partial charge in [0.25, 0.3) is 5.89 Å². The molecule has 0 saturated heterocycles. The van der Waals surface area contributed by atoms with Crippen LogP contribution in [-0.2, 0) is 16.1 Å². The van der Waals surface area contributed by atoms with Gasteiger partial charge in [0.15, 0.2) is 6.61 Å². The molecule has 5 nitrogen and oxygen atoms in total. The molecule has 0 N–H and O–H groups in total. The molecule has 1 heterocycles. The summed E-state index contributed by atoms with van der Waals surface area (Å²) in [5, 5.41) is 8.66. The van der Waals surface area contributed by atoms with Crippen LogP contribution in [0.4, 0.5) is 0 Å². The van der Waals surface area contributed by atoms with Crippen molar-refractivity contribution in [3.8, 4) is 11.5 Å². The van der Waals surface area contributed by atoms with Crippen molar-refractivity contribution in [1.82, 2.24) is 10.2 Å². The number of esters is 1. The third-order valence-corrected chi connectivity index (χ3v) is 6.85. The molecule has 1 aromatic heterocycles. The van der Waals surface area contributed by atoms with Crippen molar-refractivity contribution in [1.29, 1.82) is 0 Å². The van der Waals surface area contributed by atoms with Gasteiger partial charge in [-0.05, 0) is 86.0 Å². The number of rotatable bonds is 5. The van der Waals surface area contributed by atoms with Crippen molar-refractivity contribution in [3.63, 3.8) is 0 Å². The van der Waals surface area contributed by atoms with E-state index in [0.29, 0.717) is 23.2 Å². The van der Waals surface area contributed by atoms with Crippen molar-refractivity contribution >= 4 is 17.6 Å². The van der Waals surface area contributed by atoms with Crippen LogP contribution in [0.2, 0.25) is 5.02 Å². The highest BCUT2D eigenvalue weighted by atomic mass is 35.5. The molecule has 4 saturated carbocycles. The Morgan fingerprint density at radius 3 is 2.33 bits per heavy atom. The fourth-order valence-corrected chi connectivity index (χ4v) is 6.15. The number of hydrogen-bond acceptors (Lipinski definition) is 5. The zero-order valence-corrected chi connectivity index (χ0v) is 16.0. The molecule has 6 heteroatoms. The van der Waals surface area contributed by atoms with E-state index in [1.54, 1.807) is 12.1 Å². The molecule has 4 fully saturated rings. The third kappa shape index (κ3) is 3.49. The van der Waals surface area contributed by atoms with E-state index in [0.717, 1.165) is 23.3 Å². The second kappa shape index (κ2) is 6.62. The number of hydrogen-bond donors (Lipinski definition) is 0. The van der Waals surface area contributed by atoms with Gasteiger partial charge in [-0.3, -0.25) is 4.79 Å². The fraction of sp³-hybridized carbons (Fsp3) is 0.571. The number of ether oxygens (including phenoxy) is 1. The summed E-state index contributed by atoms with van der Waals surface area (Å²) in [4.78, 5) is 12.5. The van der Waals surface area contributed by atoms with E-state index in [4.69, 9.17) is 20.8 Å². The highest BCUT2D eigenvalue weighted by Gasteiger charge is 2.51. The van der Waals surface area contributed by atoms with Gasteiger partial charge in [-0.15, -0.1) is 10.2 Å². The Hall–Kier alpha value is -1.88. The summed E-state index contributed by atoms with van der Waals surface area (Å²) < 4.78 is 11.1. The van der Waals surface area contributed by atoms with E-state index in [-0.39, 0.29) is 18.0 Å². The van der Waals surface area contributed by atoms with Gasteiger partial charge in [-0.2, -0.15) is 0 Å². The summed E-state index contributed by atoms with van der Waals surface area (Å²) in [7, 11) is 0. The van der Waals surface area contributed by atoms with Crippen LogP contribution in [-0.4, -0.2) is 16.2 Å². The molecular formula is C21H23ClN2O3. The molecule has 4 aliphatic carbocycles. The lowest BCUT2D eigenvalue weighted by Crippen LogP contribution is -2.47. The molecule has 142 valence electrons. The second-order valence-corrected chi connectivity index (χ2v) is 9.20. The normalized spacial score (nSPS) is 31.2. The maximum atomic E-state index is 12.5. The van der Waals surface area contributed by atoms with Gasteiger partial charge in [0, 0.05) is 10.6 Å². The first-order valence-electron chi connectivity index (χ1n) is 9.81. The number of benzene rings is 1. The molecule has 6 rings (SSSR count).